The van der Waals surface area contributed by atoms with Gasteiger partial charge in [-0.2, -0.15) is 5.10 Å². The number of halogens is 1. The van der Waals surface area contributed by atoms with E-state index < -0.39 is 0 Å². The van der Waals surface area contributed by atoms with Crippen LogP contribution in [-0.2, 0) is 4.74 Å². The fourth-order valence-corrected chi connectivity index (χ4v) is 2.79. The van der Waals surface area contributed by atoms with Gasteiger partial charge in [-0.15, -0.1) is 0 Å². The number of carbonyl (C=O) groups excluding carboxylic acids is 1. The minimum Gasteiger partial charge on any atom is -0.394 e. The zero-order chi connectivity index (χ0) is 16.4. The van der Waals surface area contributed by atoms with Crippen LogP contribution in [0.4, 0.5) is 0 Å². The molecule has 1 aromatic heterocycles. The molecule has 3 rings (SSSR count). The quantitative estimate of drug-likeness (QED) is 0.928. The van der Waals surface area contributed by atoms with Crippen LogP contribution in [0.15, 0.2) is 36.5 Å². The topological polar surface area (TPSA) is 67.6 Å². The second-order valence-corrected chi connectivity index (χ2v) is 5.95. The van der Waals surface area contributed by atoms with Crippen LogP contribution in [-0.4, -0.2) is 57.6 Å². The third kappa shape index (κ3) is 3.24. The van der Waals surface area contributed by atoms with Crippen LogP contribution in [0.2, 0.25) is 5.02 Å². The number of amides is 1. The number of ether oxygens (including phenoxy) is 1. The van der Waals surface area contributed by atoms with Crippen molar-refractivity contribution < 1.29 is 14.6 Å². The van der Waals surface area contributed by atoms with E-state index in [9.17, 15) is 9.90 Å². The molecule has 2 atom stereocenters. The van der Waals surface area contributed by atoms with E-state index in [0.29, 0.717) is 23.9 Å². The smallest absolute Gasteiger partial charge is 0.274 e. The van der Waals surface area contributed by atoms with Crippen LogP contribution < -0.4 is 0 Å². The maximum atomic E-state index is 12.7. The van der Waals surface area contributed by atoms with Gasteiger partial charge in [-0.1, -0.05) is 23.7 Å². The van der Waals surface area contributed by atoms with E-state index in [4.69, 9.17) is 16.3 Å². The third-order valence-corrected chi connectivity index (χ3v) is 4.20. The minimum atomic E-state index is -0.346. The summed E-state index contributed by atoms with van der Waals surface area (Å²) in [5, 5.41) is 14.1. The molecule has 2 unspecified atom stereocenters. The number of hydrogen-bond donors (Lipinski definition) is 1. The molecule has 2 aromatic rings. The van der Waals surface area contributed by atoms with Crippen molar-refractivity contribution in [2.24, 2.45) is 0 Å². The van der Waals surface area contributed by atoms with Gasteiger partial charge in [0, 0.05) is 12.7 Å². The molecule has 6 nitrogen and oxygen atoms in total. The van der Waals surface area contributed by atoms with Crippen molar-refractivity contribution in [3.8, 4) is 5.69 Å². The van der Waals surface area contributed by atoms with E-state index in [1.54, 1.807) is 27.9 Å². The lowest BCUT2D eigenvalue weighted by atomic mass is 10.2. The van der Waals surface area contributed by atoms with Crippen molar-refractivity contribution in [2.45, 2.75) is 19.1 Å². The molecule has 2 heterocycles. The van der Waals surface area contributed by atoms with Gasteiger partial charge in [-0.25, -0.2) is 4.68 Å². The molecule has 1 saturated heterocycles. The minimum absolute atomic E-state index is 0.0595. The number of aromatic nitrogens is 2. The summed E-state index contributed by atoms with van der Waals surface area (Å²) in [7, 11) is 0. The number of carbonyl (C=O) groups is 1. The van der Waals surface area contributed by atoms with E-state index in [-0.39, 0.29) is 24.7 Å². The standard InChI is InChI=1S/C16H18ClN3O3/c1-11-10-23-12(9-21)8-19(11)16(22)14-6-7-20(18-14)15-5-3-2-4-13(15)17/h2-7,11-12,21H,8-10H2,1H3. The number of morpholine rings is 1. The summed E-state index contributed by atoms with van der Waals surface area (Å²) in [4.78, 5) is 14.4. The predicted octanol–water partition coefficient (Wildman–Crippen LogP) is 1.75. The zero-order valence-electron chi connectivity index (χ0n) is 12.7. The van der Waals surface area contributed by atoms with Crippen LogP contribution in [0.1, 0.15) is 17.4 Å². The Kier molecular flexibility index (Phi) is 4.66. The number of para-hydroxylation sites is 1. The Bertz CT molecular complexity index is 703. The van der Waals surface area contributed by atoms with Gasteiger partial charge < -0.3 is 14.7 Å². The van der Waals surface area contributed by atoms with E-state index in [0.717, 1.165) is 5.69 Å². The maximum absolute atomic E-state index is 12.7. The van der Waals surface area contributed by atoms with Crippen molar-refractivity contribution in [1.29, 1.82) is 0 Å². The van der Waals surface area contributed by atoms with E-state index in [1.165, 1.54) is 0 Å². The van der Waals surface area contributed by atoms with Gasteiger partial charge in [0.05, 0.1) is 36.1 Å². The summed E-state index contributed by atoms with van der Waals surface area (Å²) in [6.07, 6.45) is 1.36. The average molecular weight is 336 g/mol. The number of benzene rings is 1. The number of rotatable bonds is 3. The first-order chi connectivity index (χ1) is 11.1. The van der Waals surface area contributed by atoms with Crippen molar-refractivity contribution >= 4 is 17.5 Å². The molecule has 1 aliphatic heterocycles. The van der Waals surface area contributed by atoms with Gasteiger partial charge in [0.25, 0.3) is 5.91 Å². The highest BCUT2D eigenvalue weighted by Gasteiger charge is 2.31. The Morgan fingerprint density at radius 3 is 2.96 bits per heavy atom. The van der Waals surface area contributed by atoms with Crippen LogP contribution in [0.5, 0.6) is 0 Å². The van der Waals surface area contributed by atoms with Gasteiger partial charge in [0.2, 0.25) is 0 Å². The molecule has 23 heavy (non-hydrogen) atoms. The Balaban J connectivity index is 1.82. The molecule has 1 aliphatic rings. The fraction of sp³-hybridized carbons (Fsp3) is 0.375. The molecule has 0 saturated carbocycles. The maximum Gasteiger partial charge on any atom is 0.274 e. The predicted molar refractivity (Wildman–Crippen MR) is 85.9 cm³/mol. The first kappa shape index (κ1) is 16.0. The lowest BCUT2D eigenvalue weighted by Gasteiger charge is -2.37. The molecule has 0 radical (unpaired) electrons. The van der Waals surface area contributed by atoms with Crippen LogP contribution in [0, 0.1) is 0 Å². The lowest BCUT2D eigenvalue weighted by molar-refractivity contribution is -0.0668. The second-order valence-electron chi connectivity index (χ2n) is 5.54. The Hall–Kier alpha value is -1.89. The van der Waals surface area contributed by atoms with Gasteiger partial charge in [-0.3, -0.25) is 4.79 Å². The number of hydrogen-bond acceptors (Lipinski definition) is 4. The monoisotopic (exact) mass is 335 g/mol. The van der Waals surface area contributed by atoms with Gasteiger partial charge >= 0.3 is 0 Å². The lowest BCUT2D eigenvalue weighted by Crippen LogP contribution is -2.52. The largest absolute Gasteiger partial charge is 0.394 e. The number of aliphatic hydroxyl groups is 1. The van der Waals surface area contributed by atoms with Crippen molar-refractivity contribution in [3.63, 3.8) is 0 Å². The number of aliphatic hydroxyl groups excluding tert-OH is 1. The van der Waals surface area contributed by atoms with Crippen molar-refractivity contribution in [1.82, 2.24) is 14.7 Å². The summed E-state index contributed by atoms with van der Waals surface area (Å²) in [6.45, 7) is 2.57. The molecule has 122 valence electrons. The Labute approximate surface area is 139 Å². The normalized spacial score (nSPS) is 21.4. The molecule has 0 spiro atoms. The Morgan fingerprint density at radius 1 is 1.43 bits per heavy atom. The van der Waals surface area contributed by atoms with Crippen LogP contribution in [0.25, 0.3) is 5.69 Å². The summed E-state index contributed by atoms with van der Waals surface area (Å²) < 4.78 is 7.05. The van der Waals surface area contributed by atoms with Crippen LogP contribution in [0.3, 0.4) is 0 Å². The highest BCUT2D eigenvalue weighted by molar-refractivity contribution is 6.32. The summed E-state index contributed by atoms with van der Waals surface area (Å²) in [6, 6.07) is 8.92. The van der Waals surface area contributed by atoms with Gasteiger partial charge in [0.15, 0.2) is 5.69 Å². The van der Waals surface area contributed by atoms with Crippen molar-refractivity contribution in [3.05, 3.63) is 47.2 Å². The SMILES string of the molecule is CC1COC(CO)CN1C(=O)c1ccn(-c2ccccc2Cl)n1. The van der Waals surface area contributed by atoms with E-state index in [2.05, 4.69) is 5.10 Å². The zero-order valence-corrected chi connectivity index (χ0v) is 13.5. The van der Waals surface area contributed by atoms with E-state index >= 15 is 0 Å². The summed E-state index contributed by atoms with van der Waals surface area (Å²) in [5.41, 5.74) is 1.06. The van der Waals surface area contributed by atoms with Crippen molar-refractivity contribution in [2.75, 3.05) is 19.8 Å². The third-order valence-electron chi connectivity index (χ3n) is 3.88. The molecule has 1 N–H and O–H groups in total. The molecule has 1 amide bonds. The number of nitrogens with zero attached hydrogens (tertiary/aromatic N) is 3. The first-order valence-corrected chi connectivity index (χ1v) is 7.82. The first-order valence-electron chi connectivity index (χ1n) is 7.44. The second kappa shape index (κ2) is 6.70. The molecular formula is C16H18ClN3O3. The molecular weight excluding hydrogens is 318 g/mol. The molecule has 0 aliphatic carbocycles. The van der Waals surface area contributed by atoms with Gasteiger partial charge in [-0.05, 0) is 25.1 Å². The average Bonchev–Trinajstić information content (AvgIpc) is 3.05. The highest BCUT2D eigenvalue weighted by atomic mass is 35.5. The molecule has 1 fully saturated rings. The molecule has 7 heteroatoms. The van der Waals surface area contributed by atoms with Crippen LogP contribution >= 0.6 is 11.6 Å². The molecule has 1 aromatic carbocycles. The fourth-order valence-electron chi connectivity index (χ4n) is 2.57. The van der Waals surface area contributed by atoms with E-state index in [1.807, 2.05) is 25.1 Å². The summed E-state index contributed by atoms with van der Waals surface area (Å²) in [5.74, 6) is -0.176. The summed E-state index contributed by atoms with van der Waals surface area (Å²) >= 11 is 6.16. The molecule has 0 bridgehead atoms. The van der Waals surface area contributed by atoms with Gasteiger partial charge in [0.1, 0.15) is 0 Å². The highest BCUT2D eigenvalue weighted by Crippen LogP contribution is 2.20. The Morgan fingerprint density at radius 2 is 2.22 bits per heavy atom.